The first-order chi connectivity index (χ1) is 15.9. The second kappa shape index (κ2) is 24.0. The Morgan fingerprint density at radius 1 is 0.438 bits per heavy atom. The minimum Gasteiger partial charge on any atom is -0.316 e. The molecule has 1 fully saturated rings. The molecule has 2 N–H and O–H groups in total. The van der Waals surface area contributed by atoms with Crippen molar-refractivity contribution < 1.29 is 0 Å². The third kappa shape index (κ3) is 19.3. The molecule has 0 aromatic rings. The highest BCUT2D eigenvalue weighted by Crippen LogP contribution is 2.13. The Morgan fingerprint density at radius 2 is 0.812 bits per heavy atom. The molecule has 1 heterocycles. The first-order valence-electron chi connectivity index (χ1n) is 14.7. The zero-order valence-electron chi connectivity index (χ0n) is 22.3. The van der Waals surface area contributed by atoms with Gasteiger partial charge in [-0.05, 0) is 19.5 Å². The number of hydrogen-bond donors (Lipinski definition) is 2. The van der Waals surface area contributed by atoms with Crippen molar-refractivity contribution in [3.63, 3.8) is 0 Å². The van der Waals surface area contributed by atoms with Gasteiger partial charge in [-0.3, -0.25) is 9.80 Å². The van der Waals surface area contributed by atoms with Crippen LogP contribution in [-0.2, 0) is 0 Å². The second-order valence-electron chi connectivity index (χ2n) is 10.1. The fourth-order valence-corrected chi connectivity index (χ4v) is 4.81. The van der Waals surface area contributed by atoms with Gasteiger partial charge in [-0.2, -0.15) is 0 Å². The molecule has 0 aromatic carbocycles. The van der Waals surface area contributed by atoms with Gasteiger partial charge < -0.3 is 10.6 Å². The smallest absolute Gasteiger partial charge is 0.0110 e. The highest BCUT2D eigenvalue weighted by molar-refractivity contribution is 4.73. The van der Waals surface area contributed by atoms with Crippen molar-refractivity contribution in [2.75, 3.05) is 65.4 Å². The fourth-order valence-electron chi connectivity index (χ4n) is 4.81. The summed E-state index contributed by atoms with van der Waals surface area (Å²) in [6.45, 7) is 16.5. The largest absolute Gasteiger partial charge is 0.316 e. The zero-order valence-corrected chi connectivity index (χ0v) is 22.3. The van der Waals surface area contributed by atoms with E-state index >= 15 is 0 Å². The van der Waals surface area contributed by atoms with Crippen molar-refractivity contribution >= 4 is 0 Å². The Balaban J connectivity index is 1.70. The summed E-state index contributed by atoms with van der Waals surface area (Å²) in [7, 11) is 0. The molecule has 1 aliphatic heterocycles. The minimum atomic E-state index is 1.09. The highest BCUT2D eigenvalue weighted by atomic mass is 15.3. The average molecular weight is 453 g/mol. The summed E-state index contributed by atoms with van der Waals surface area (Å²) in [6, 6.07) is 0. The van der Waals surface area contributed by atoms with E-state index in [0.29, 0.717) is 0 Å². The van der Waals surface area contributed by atoms with Gasteiger partial charge in [0.2, 0.25) is 0 Å². The fraction of sp³-hybridized carbons (Fsp3) is 1.00. The quantitative estimate of drug-likeness (QED) is 0.174. The van der Waals surface area contributed by atoms with E-state index in [9.17, 15) is 0 Å². The summed E-state index contributed by atoms with van der Waals surface area (Å²) < 4.78 is 0. The normalized spacial score (nSPS) is 15.6. The number of unbranched alkanes of at least 4 members (excludes halogenated alkanes) is 15. The van der Waals surface area contributed by atoms with Gasteiger partial charge in [0.25, 0.3) is 0 Å². The third-order valence-corrected chi connectivity index (χ3v) is 7.13. The third-order valence-electron chi connectivity index (χ3n) is 7.13. The summed E-state index contributed by atoms with van der Waals surface area (Å²) in [5.74, 6) is 0. The zero-order chi connectivity index (χ0) is 23.0. The molecule has 1 saturated heterocycles. The number of hydrogen-bond acceptors (Lipinski definition) is 4. The monoisotopic (exact) mass is 452 g/mol. The van der Waals surface area contributed by atoms with Crippen LogP contribution in [0.25, 0.3) is 0 Å². The van der Waals surface area contributed by atoms with Gasteiger partial charge in [0.15, 0.2) is 0 Å². The van der Waals surface area contributed by atoms with Crippen molar-refractivity contribution in [3.8, 4) is 0 Å². The Morgan fingerprint density at radius 3 is 1.22 bits per heavy atom. The van der Waals surface area contributed by atoms with Crippen molar-refractivity contribution in [2.45, 2.75) is 117 Å². The number of likely N-dealkylation sites (N-methyl/N-ethyl adjacent to an activating group) is 1. The van der Waals surface area contributed by atoms with E-state index in [1.165, 1.54) is 149 Å². The molecule has 4 nitrogen and oxygen atoms in total. The van der Waals surface area contributed by atoms with Gasteiger partial charge in [-0.25, -0.2) is 0 Å². The molecule has 4 heteroatoms. The molecule has 0 atom stereocenters. The molecule has 192 valence electrons. The van der Waals surface area contributed by atoms with Crippen LogP contribution in [0, 0.1) is 0 Å². The Hall–Kier alpha value is -0.160. The number of rotatable bonds is 24. The lowest BCUT2D eigenvalue weighted by Gasteiger charge is -2.34. The van der Waals surface area contributed by atoms with Crippen LogP contribution < -0.4 is 10.6 Å². The molecule has 0 radical (unpaired) electrons. The van der Waals surface area contributed by atoms with E-state index in [-0.39, 0.29) is 0 Å². The van der Waals surface area contributed by atoms with Crippen LogP contribution in [0.5, 0.6) is 0 Å². The molecule has 0 saturated carbocycles. The Labute approximate surface area is 202 Å². The highest BCUT2D eigenvalue weighted by Gasteiger charge is 2.15. The van der Waals surface area contributed by atoms with Crippen LogP contribution in [0.3, 0.4) is 0 Å². The summed E-state index contributed by atoms with van der Waals surface area (Å²) in [6.07, 6.45) is 23.2. The summed E-state index contributed by atoms with van der Waals surface area (Å²) in [4.78, 5) is 5.23. The molecular weight excluding hydrogens is 392 g/mol. The van der Waals surface area contributed by atoms with Crippen molar-refractivity contribution in [1.82, 2.24) is 20.4 Å². The first-order valence-corrected chi connectivity index (χ1v) is 14.7. The molecule has 0 spiro atoms. The van der Waals surface area contributed by atoms with Crippen LogP contribution in [0.4, 0.5) is 0 Å². The van der Waals surface area contributed by atoms with E-state index in [1.807, 2.05) is 0 Å². The van der Waals surface area contributed by atoms with Gasteiger partial charge in [0, 0.05) is 52.4 Å². The molecule has 32 heavy (non-hydrogen) atoms. The van der Waals surface area contributed by atoms with E-state index in [0.717, 1.165) is 19.6 Å². The van der Waals surface area contributed by atoms with E-state index in [2.05, 4.69) is 34.3 Å². The Bertz CT molecular complexity index is 355. The lowest BCUT2D eigenvalue weighted by Crippen LogP contribution is -2.49. The second-order valence-corrected chi connectivity index (χ2v) is 10.1. The van der Waals surface area contributed by atoms with Crippen LogP contribution in [-0.4, -0.2) is 75.2 Å². The molecule has 0 aliphatic carbocycles. The van der Waals surface area contributed by atoms with Crippen molar-refractivity contribution in [3.05, 3.63) is 0 Å². The van der Waals surface area contributed by atoms with Gasteiger partial charge in [0.1, 0.15) is 0 Å². The van der Waals surface area contributed by atoms with E-state index < -0.39 is 0 Å². The topological polar surface area (TPSA) is 30.5 Å². The summed E-state index contributed by atoms with van der Waals surface area (Å²) in [5.41, 5.74) is 0. The van der Waals surface area contributed by atoms with Crippen LogP contribution >= 0.6 is 0 Å². The predicted molar refractivity (Wildman–Crippen MR) is 144 cm³/mol. The molecule has 1 aliphatic rings. The van der Waals surface area contributed by atoms with Crippen LogP contribution in [0.15, 0.2) is 0 Å². The standard InChI is InChI=1S/C28H60N4/c1-3-5-6-7-8-9-10-11-12-13-14-15-16-17-18-19-20-30-22-24-32-27-25-31(26-28-32)23-21-29-4-2/h29-30H,3-28H2,1-2H3. The molecule has 0 aromatic heterocycles. The maximum absolute atomic E-state index is 3.67. The molecule has 1 rings (SSSR count). The van der Waals surface area contributed by atoms with Crippen molar-refractivity contribution in [1.29, 1.82) is 0 Å². The lowest BCUT2D eigenvalue weighted by molar-refractivity contribution is 0.134. The summed E-state index contributed by atoms with van der Waals surface area (Å²) in [5, 5.41) is 7.10. The number of piperazine rings is 1. The SMILES string of the molecule is CCCCCCCCCCCCCCCCCCNCCN1CCN(CCNCC)CC1. The predicted octanol–water partition coefficient (Wildman–Crippen LogP) is 6.06. The maximum atomic E-state index is 3.67. The Kier molecular flexibility index (Phi) is 22.4. The van der Waals surface area contributed by atoms with Crippen LogP contribution in [0.1, 0.15) is 117 Å². The number of nitrogens with one attached hydrogen (secondary N) is 2. The van der Waals surface area contributed by atoms with Crippen molar-refractivity contribution in [2.24, 2.45) is 0 Å². The molecule has 0 unspecified atom stereocenters. The minimum absolute atomic E-state index is 1.09. The summed E-state index contributed by atoms with van der Waals surface area (Å²) >= 11 is 0. The van der Waals surface area contributed by atoms with Gasteiger partial charge in [-0.1, -0.05) is 110 Å². The maximum Gasteiger partial charge on any atom is 0.0110 e. The van der Waals surface area contributed by atoms with E-state index in [1.54, 1.807) is 0 Å². The van der Waals surface area contributed by atoms with Gasteiger partial charge >= 0.3 is 0 Å². The molecule has 0 amide bonds. The lowest BCUT2D eigenvalue weighted by atomic mass is 10.0. The first kappa shape index (κ1) is 29.9. The molecular formula is C28H60N4. The van der Waals surface area contributed by atoms with Crippen LogP contribution in [0.2, 0.25) is 0 Å². The van der Waals surface area contributed by atoms with Gasteiger partial charge in [0.05, 0.1) is 0 Å². The molecule has 0 bridgehead atoms. The number of nitrogens with zero attached hydrogens (tertiary/aromatic N) is 2. The van der Waals surface area contributed by atoms with Gasteiger partial charge in [-0.15, -0.1) is 0 Å². The average Bonchev–Trinajstić information content (AvgIpc) is 2.81. The van der Waals surface area contributed by atoms with E-state index in [4.69, 9.17) is 0 Å².